The summed E-state index contributed by atoms with van der Waals surface area (Å²) in [6.45, 7) is 6.27. The monoisotopic (exact) mass is 531 g/mol. The largest absolute Gasteiger partial charge is 0.465 e. The van der Waals surface area contributed by atoms with Crippen molar-refractivity contribution >= 4 is 30.2 Å². The molecule has 2 aromatic carbocycles. The summed E-state index contributed by atoms with van der Waals surface area (Å²) >= 11 is 0. The topological polar surface area (TPSA) is 111 Å². The lowest BCUT2D eigenvalue weighted by atomic mass is 9.72. The van der Waals surface area contributed by atoms with E-state index >= 15 is 0 Å². The molecule has 0 aromatic heterocycles. The van der Waals surface area contributed by atoms with Crippen LogP contribution >= 0.6 is 12.4 Å². The second-order valence-corrected chi connectivity index (χ2v) is 9.74. The molecule has 0 saturated carbocycles. The van der Waals surface area contributed by atoms with Gasteiger partial charge in [-0.3, -0.25) is 14.4 Å². The molecular weight excluding hydrogens is 494 g/mol. The average molecular weight is 532 g/mol. The third kappa shape index (κ3) is 7.77. The van der Waals surface area contributed by atoms with Crippen LogP contribution < -0.4 is 11.1 Å². The highest BCUT2D eigenvalue weighted by molar-refractivity contribution is 5.92. The maximum atomic E-state index is 13.5. The van der Waals surface area contributed by atoms with Gasteiger partial charge in [0.25, 0.3) is 0 Å². The van der Waals surface area contributed by atoms with Crippen molar-refractivity contribution in [2.75, 3.05) is 26.3 Å². The molecule has 0 spiro atoms. The summed E-state index contributed by atoms with van der Waals surface area (Å²) in [4.78, 5) is 40.9. The minimum absolute atomic E-state index is 0. The minimum Gasteiger partial charge on any atom is -0.465 e. The summed E-state index contributed by atoms with van der Waals surface area (Å²) in [6.07, 6.45) is 0.852. The minimum atomic E-state index is -1.15. The molecule has 0 bridgehead atoms. The van der Waals surface area contributed by atoms with Gasteiger partial charge in [-0.25, -0.2) is 0 Å². The van der Waals surface area contributed by atoms with E-state index in [0.717, 1.165) is 11.1 Å². The van der Waals surface area contributed by atoms with Gasteiger partial charge in [-0.15, -0.1) is 12.4 Å². The van der Waals surface area contributed by atoms with Gasteiger partial charge < -0.3 is 25.4 Å². The van der Waals surface area contributed by atoms with Gasteiger partial charge in [0.05, 0.1) is 30.8 Å². The van der Waals surface area contributed by atoms with E-state index in [1.165, 1.54) is 0 Å². The number of piperidine rings is 1. The second kappa shape index (κ2) is 13.6. The second-order valence-electron chi connectivity index (χ2n) is 9.74. The fourth-order valence-electron chi connectivity index (χ4n) is 4.35. The van der Waals surface area contributed by atoms with Crippen LogP contribution in [0.25, 0.3) is 0 Å². The molecule has 1 atom stereocenters. The van der Waals surface area contributed by atoms with E-state index in [4.69, 9.17) is 15.2 Å². The molecule has 2 aromatic rings. The molecule has 2 amide bonds. The van der Waals surface area contributed by atoms with Crippen molar-refractivity contribution in [3.8, 4) is 0 Å². The number of rotatable bonds is 10. The fourth-order valence-corrected chi connectivity index (χ4v) is 4.35. The number of nitrogens with one attached hydrogen (secondary N) is 1. The molecule has 1 aliphatic rings. The zero-order chi connectivity index (χ0) is 26.2. The molecule has 8 nitrogen and oxygen atoms in total. The number of benzene rings is 2. The Morgan fingerprint density at radius 3 is 2.14 bits per heavy atom. The number of hydrogen-bond acceptors (Lipinski definition) is 6. The van der Waals surface area contributed by atoms with Crippen LogP contribution in [-0.2, 0) is 35.9 Å². The van der Waals surface area contributed by atoms with E-state index in [1.807, 2.05) is 60.7 Å². The van der Waals surface area contributed by atoms with E-state index in [2.05, 4.69) is 5.32 Å². The highest BCUT2D eigenvalue weighted by Crippen LogP contribution is 2.37. The Bertz CT molecular complexity index is 1020. The van der Waals surface area contributed by atoms with Crippen LogP contribution in [0.5, 0.6) is 0 Å². The van der Waals surface area contributed by atoms with Crippen molar-refractivity contribution in [1.82, 2.24) is 10.2 Å². The van der Waals surface area contributed by atoms with Crippen molar-refractivity contribution in [2.24, 2.45) is 5.73 Å². The smallest absolute Gasteiger partial charge is 0.316 e. The van der Waals surface area contributed by atoms with Crippen LogP contribution in [0.15, 0.2) is 60.7 Å². The Kier molecular flexibility index (Phi) is 11.1. The predicted octanol–water partition coefficient (Wildman–Crippen LogP) is 2.97. The van der Waals surface area contributed by atoms with Gasteiger partial charge in [-0.05, 0) is 44.7 Å². The van der Waals surface area contributed by atoms with Gasteiger partial charge in [-0.1, -0.05) is 60.7 Å². The first-order chi connectivity index (χ1) is 17.2. The maximum absolute atomic E-state index is 13.5. The van der Waals surface area contributed by atoms with E-state index in [-0.39, 0.29) is 37.5 Å². The van der Waals surface area contributed by atoms with E-state index in [9.17, 15) is 14.4 Å². The van der Waals surface area contributed by atoms with E-state index < -0.39 is 22.9 Å². The number of nitrogens with two attached hydrogens (primary N) is 1. The summed E-state index contributed by atoms with van der Waals surface area (Å²) in [5, 5.41) is 2.76. The lowest BCUT2D eigenvalue weighted by Gasteiger charge is -2.41. The van der Waals surface area contributed by atoms with Crippen LogP contribution in [0.2, 0.25) is 0 Å². The first-order valence-corrected chi connectivity index (χ1v) is 12.4. The van der Waals surface area contributed by atoms with Crippen molar-refractivity contribution in [2.45, 2.75) is 57.2 Å². The number of carbonyl (C=O) groups is 3. The quantitative estimate of drug-likeness (QED) is 0.456. The summed E-state index contributed by atoms with van der Waals surface area (Å²) in [6, 6.07) is 18.3. The summed E-state index contributed by atoms with van der Waals surface area (Å²) in [5.41, 5.74) is 5.85. The van der Waals surface area contributed by atoms with Gasteiger partial charge in [0.15, 0.2) is 0 Å². The number of esters is 1. The molecule has 202 valence electrons. The summed E-state index contributed by atoms with van der Waals surface area (Å²) in [5.74, 6) is -0.971. The van der Waals surface area contributed by atoms with Crippen molar-refractivity contribution in [1.29, 1.82) is 0 Å². The first kappa shape index (κ1) is 30.3. The van der Waals surface area contributed by atoms with Crippen LogP contribution in [0, 0.1) is 0 Å². The number of hydrogen-bond donors (Lipinski definition) is 2. The summed E-state index contributed by atoms with van der Waals surface area (Å²) in [7, 11) is 0. The predicted molar refractivity (Wildman–Crippen MR) is 144 cm³/mol. The Morgan fingerprint density at radius 1 is 1.03 bits per heavy atom. The Morgan fingerprint density at radius 2 is 1.59 bits per heavy atom. The highest BCUT2D eigenvalue weighted by Gasteiger charge is 2.45. The van der Waals surface area contributed by atoms with Crippen molar-refractivity contribution in [3.63, 3.8) is 0 Å². The van der Waals surface area contributed by atoms with Crippen LogP contribution in [0.3, 0.4) is 0 Å². The Labute approximate surface area is 225 Å². The lowest BCUT2D eigenvalue weighted by Crippen LogP contribution is -2.59. The fraction of sp³-hybridized carbons (Fsp3) is 0.464. The molecule has 37 heavy (non-hydrogen) atoms. The Hall–Kier alpha value is -2.94. The molecule has 1 aliphatic heterocycles. The van der Waals surface area contributed by atoms with Gasteiger partial charge in [0.2, 0.25) is 11.8 Å². The number of likely N-dealkylation sites (tertiary alicyclic amines) is 1. The van der Waals surface area contributed by atoms with E-state index in [0.29, 0.717) is 32.5 Å². The third-order valence-electron chi connectivity index (χ3n) is 6.51. The van der Waals surface area contributed by atoms with Crippen LogP contribution in [0.4, 0.5) is 0 Å². The third-order valence-corrected chi connectivity index (χ3v) is 6.51. The zero-order valence-corrected chi connectivity index (χ0v) is 22.6. The molecule has 1 fully saturated rings. The normalized spacial score (nSPS) is 15.7. The number of halogens is 1. The standard InChI is InChI=1S/C28H37N3O5.ClH/c1-4-36-26(34)28(22-13-9-6-10-14-22)15-17-31(18-16-28)24(32)23(30-25(33)27(2,3)29)20-35-19-21-11-7-5-8-12-21;/h5-14,23H,4,15-20,29H2,1-3H3,(H,30,33);1H/t23-;/m1./s1. The van der Waals surface area contributed by atoms with Crippen molar-refractivity contribution in [3.05, 3.63) is 71.8 Å². The van der Waals surface area contributed by atoms with Gasteiger partial charge >= 0.3 is 5.97 Å². The SMILES string of the molecule is CCOC(=O)C1(c2ccccc2)CCN(C(=O)[C@@H](COCc2ccccc2)NC(=O)C(C)(C)N)CC1.Cl. The van der Waals surface area contributed by atoms with Gasteiger partial charge in [-0.2, -0.15) is 0 Å². The highest BCUT2D eigenvalue weighted by atomic mass is 35.5. The molecule has 3 N–H and O–H groups in total. The Balaban J connectivity index is 0.00000481. The van der Waals surface area contributed by atoms with Crippen molar-refractivity contribution < 1.29 is 23.9 Å². The molecule has 0 unspecified atom stereocenters. The molecule has 3 rings (SSSR count). The molecule has 1 saturated heterocycles. The maximum Gasteiger partial charge on any atom is 0.316 e. The molecule has 9 heteroatoms. The molecule has 0 radical (unpaired) electrons. The number of carbonyl (C=O) groups excluding carboxylic acids is 3. The number of nitrogens with zero attached hydrogens (tertiary/aromatic N) is 1. The average Bonchev–Trinajstić information content (AvgIpc) is 2.88. The number of amides is 2. The molecule has 0 aliphatic carbocycles. The first-order valence-electron chi connectivity index (χ1n) is 12.4. The number of ether oxygens (including phenoxy) is 2. The van der Waals surface area contributed by atoms with Crippen LogP contribution in [0.1, 0.15) is 44.7 Å². The van der Waals surface area contributed by atoms with E-state index in [1.54, 1.807) is 25.7 Å². The van der Waals surface area contributed by atoms with Gasteiger partial charge in [0.1, 0.15) is 6.04 Å². The van der Waals surface area contributed by atoms with Crippen LogP contribution in [-0.4, -0.2) is 60.6 Å². The summed E-state index contributed by atoms with van der Waals surface area (Å²) < 4.78 is 11.2. The molecular formula is C28H38ClN3O5. The zero-order valence-electron chi connectivity index (χ0n) is 21.8. The van der Waals surface area contributed by atoms with Gasteiger partial charge in [0, 0.05) is 13.1 Å². The lowest BCUT2D eigenvalue weighted by molar-refractivity contribution is -0.154. The molecule has 1 heterocycles.